The third-order valence-electron chi connectivity index (χ3n) is 4.93. The molecule has 1 saturated carbocycles. The first kappa shape index (κ1) is 20.3. The molecule has 1 fully saturated rings. The Bertz CT molecular complexity index is 828. The zero-order valence-electron chi connectivity index (χ0n) is 15.3. The van der Waals surface area contributed by atoms with Gasteiger partial charge in [-0.1, -0.05) is 54.7 Å². The smallest absolute Gasteiger partial charge is 0.233 e. The summed E-state index contributed by atoms with van der Waals surface area (Å²) in [5, 5.41) is 12.5. The number of benzene rings is 1. The fourth-order valence-corrected chi connectivity index (χ4v) is 4.53. The van der Waals surface area contributed by atoms with Gasteiger partial charge in [0.15, 0.2) is 5.82 Å². The summed E-state index contributed by atoms with van der Waals surface area (Å²) in [5.41, 5.74) is 0.635. The molecule has 3 unspecified atom stereocenters. The van der Waals surface area contributed by atoms with E-state index < -0.39 is 0 Å². The number of hydrogen-bond acceptors (Lipinski definition) is 5. The van der Waals surface area contributed by atoms with E-state index in [2.05, 4.69) is 22.4 Å². The van der Waals surface area contributed by atoms with Gasteiger partial charge in [0.05, 0.1) is 10.3 Å². The highest BCUT2D eigenvalue weighted by atomic mass is 35.5. The van der Waals surface area contributed by atoms with Crippen molar-refractivity contribution in [3.8, 4) is 11.4 Å². The number of thioether (sulfide) groups is 1. The van der Waals surface area contributed by atoms with Gasteiger partial charge < -0.3 is 11.2 Å². The molecule has 0 saturated heterocycles. The van der Waals surface area contributed by atoms with Crippen molar-refractivity contribution in [2.45, 2.75) is 56.0 Å². The third kappa shape index (κ3) is 4.70. The summed E-state index contributed by atoms with van der Waals surface area (Å²) in [7, 11) is 0. The minimum atomic E-state index is -0.334. The minimum absolute atomic E-state index is 0.00664. The molecule has 0 bridgehead atoms. The highest BCUT2D eigenvalue weighted by Gasteiger charge is 2.26. The number of aromatic nitrogens is 3. The lowest BCUT2D eigenvalue weighted by Crippen LogP contribution is -2.44. The normalized spacial score (nSPS) is 21.0. The van der Waals surface area contributed by atoms with Crippen LogP contribution in [0, 0.1) is 5.92 Å². The van der Waals surface area contributed by atoms with Crippen molar-refractivity contribution in [3.63, 3.8) is 0 Å². The van der Waals surface area contributed by atoms with Gasteiger partial charge in [0.1, 0.15) is 0 Å². The predicted octanol–water partition coefficient (Wildman–Crippen LogP) is 4.14. The van der Waals surface area contributed by atoms with Crippen LogP contribution in [0.15, 0.2) is 23.4 Å². The highest BCUT2D eigenvalue weighted by Crippen LogP contribution is 2.31. The summed E-state index contributed by atoms with van der Waals surface area (Å²) in [6, 6.07) is 5.33. The maximum atomic E-state index is 12.6. The van der Waals surface area contributed by atoms with Crippen molar-refractivity contribution in [1.29, 1.82) is 0 Å². The van der Waals surface area contributed by atoms with Crippen LogP contribution in [-0.2, 0) is 4.79 Å². The molecular weight excluding hydrogens is 405 g/mol. The molecule has 2 aromatic rings. The van der Waals surface area contributed by atoms with E-state index in [1.807, 2.05) is 6.92 Å². The number of nitrogens with zero attached hydrogens (tertiary/aromatic N) is 3. The van der Waals surface area contributed by atoms with Crippen molar-refractivity contribution in [1.82, 2.24) is 20.2 Å². The molecule has 1 aliphatic carbocycles. The Labute approximate surface area is 173 Å². The summed E-state index contributed by atoms with van der Waals surface area (Å²) in [4.78, 5) is 12.6. The number of carbonyl (C=O) groups excluding carboxylic acids is 1. The first-order chi connectivity index (χ1) is 12.9. The lowest BCUT2D eigenvalue weighted by atomic mass is 9.86. The van der Waals surface area contributed by atoms with Gasteiger partial charge in [0.2, 0.25) is 11.1 Å². The van der Waals surface area contributed by atoms with Gasteiger partial charge in [-0.3, -0.25) is 4.79 Å². The standard InChI is InChI=1S/C18H23Cl2N5OS/c1-10-5-3-4-6-15(10)22-17(26)11(2)27-18-24-23-16(25(18)21)13-8-7-12(19)9-14(13)20/h7-11,15H,3-6,21H2,1-2H3,(H,22,26). The Balaban J connectivity index is 1.68. The van der Waals surface area contributed by atoms with Crippen LogP contribution in [0.25, 0.3) is 11.4 Å². The van der Waals surface area contributed by atoms with E-state index in [1.165, 1.54) is 29.3 Å². The molecule has 6 nitrogen and oxygen atoms in total. The molecule has 0 spiro atoms. The van der Waals surface area contributed by atoms with Crippen LogP contribution in [-0.4, -0.2) is 32.1 Å². The maximum Gasteiger partial charge on any atom is 0.233 e. The molecule has 3 rings (SSSR count). The lowest BCUT2D eigenvalue weighted by Gasteiger charge is -2.30. The molecule has 1 amide bonds. The Hall–Kier alpha value is -1.44. The van der Waals surface area contributed by atoms with E-state index in [0.717, 1.165) is 12.8 Å². The van der Waals surface area contributed by atoms with Crippen LogP contribution in [0.2, 0.25) is 10.0 Å². The molecule has 3 atom stereocenters. The molecule has 1 aliphatic rings. The van der Waals surface area contributed by atoms with Gasteiger partial charge in [0.25, 0.3) is 0 Å². The average Bonchev–Trinajstić information content (AvgIpc) is 2.97. The van der Waals surface area contributed by atoms with Crippen molar-refractivity contribution in [2.24, 2.45) is 5.92 Å². The molecule has 9 heteroatoms. The fourth-order valence-electron chi connectivity index (χ4n) is 3.25. The minimum Gasteiger partial charge on any atom is -0.352 e. The van der Waals surface area contributed by atoms with Crippen molar-refractivity contribution >= 4 is 40.9 Å². The van der Waals surface area contributed by atoms with Crippen LogP contribution in [0.3, 0.4) is 0 Å². The second-order valence-electron chi connectivity index (χ2n) is 6.94. The quantitative estimate of drug-likeness (QED) is 0.552. The number of nitrogens with one attached hydrogen (secondary N) is 1. The topological polar surface area (TPSA) is 85.8 Å². The maximum absolute atomic E-state index is 12.6. The highest BCUT2D eigenvalue weighted by molar-refractivity contribution is 8.00. The third-order valence-corrected chi connectivity index (χ3v) is 6.53. The number of nitrogens with two attached hydrogens (primary N) is 1. The van der Waals surface area contributed by atoms with E-state index in [9.17, 15) is 4.79 Å². The largest absolute Gasteiger partial charge is 0.352 e. The van der Waals surface area contributed by atoms with Crippen LogP contribution in [0.4, 0.5) is 0 Å². The molecule has 146 valence electrons. The molecule has 0 radical (unpaired) electrons. The zero-order valence-corrected chi connectivity index (χ0v) is 17.6. The van der Waals surface area contributed by atoms with Crippen molar-refractivity contribution in [2.75, 3.05) is 5.84 Å². The molecule has 1 aromatic heterocycles. The average molecular weight is 428 g/mol. The Kier molecular flexibility index (Phi) is 6.55. The summed E-state index contributed by atoms with van der Waals surface area (Å²) < 4.78 is 1.35. The number of amides is 1. The van der Waals surface area contributed by atoms with Gasteiger partial charge in [-0.15, -0.1) is 10.2 Å². The SMILES string of the molecule is CC(Sc1nnc(-c2ccc(Cl)cc2Cl)n1N)C(=O)NC1CCCCC1C. The molecule has 0 aliphatic heterocycles. The van der Waals surface area contributed by atoms with E-state index in [4.69, 9.17) is 29.0 Å². The lowest BCUT2D eigenvalue weighted by molar-refractivity contribution is -0.121. The van der Waals surface area contributed by atoms with Gasteiger partial charge >= 0.3 is 0 Å². The van der Waals surface area contributed by atoms with Crippen molar-refractivity contribution in [3.05, 3.63) is 28.2 Å². The molecule has 27 heavy (non-hydrogen) atoms. The molecule has 1 heterocycles. The first-order valence-corrected chi connectivity index (χ1v) is 10.6. The summed E-state index contributed by atoms with van der Waals surface area (Å²) in [6.45, 7) is 4.04. The van der Waals surface area contributed by atoms with E-state index >= 15 is 0 Å². The number of rotatable bonds is 5. The molecule has 3 N–H and O–H groups in total. The molecule has 1 aromatic carbocycles. The van der Waals surface area contributed by atoms with Crippen LogP contribution < -0.4 is 11.2 Å². The van der Waals surface area contributed by atoms with Crippen LogP contribution in [0.1, 0.15) is 39.5 Å². The van der Waals surface area contributed by atoms with E-state index in [1.54, 1.807) is 18.2 Å². The Morgan fingerprint density at radius 2 is 2.07 bits per heavy atom. The van der Waals surface area contributed by atoms with Crippen LogP contribution >= 0.6 is 35.0 Å². The van der Waals surface area contributed by atoms with E-state index in [0.29, 0.717) is 32.5 Å². The van der Waals surface area contributed by atoms with Gasteiger partial charge in [0, 0.05) is 16.6 Å². The number of nitrogen functional groups attached to an aromatic ring is 1. The Morgan fingerprint density at radius 3 is 2.78 bits per heavy atom. The summed E-state index contributed by atoms with van der Waals surface area (Å²) >= 11 is 13.4. The van der Waals surface area contributed by atoms with Gasteiger partial charge in [-0.2, -0.15) is 0 Å². The second kappa shape index (κ2) is 8.71. The molecular formula is C18H23Cl2N5OS. The van der Waals surface area contributed by atoms with Crippen molar-refractivity contribution < 1.29 is 4.79 Å². The Morgan fingerprint density at radius 1 is 1.33 bits per heavy atom. The van der Waals surface area contributed by atoms with E-state index in [-0.39, 0.29) is 17.2 Å². The fraction of sp³-hybridized carbons (Fsp3) is 0.500. The monoisotopic (exact) mass is 427 g/mol. The zero-order chi connectivity index (χ0) is 19.6. The van der Waals surface area contributed by atoms with Gasteiger partial charge in [-0.05, 0) is 43.9 Å². The second-order valence-corrected chi connectivity index (χ2v) is 9.09. The number of hydrogen-bond donors (Lipinski definition) is 2. The van der Waals surface area contributed by atoms with Crippen LogP contribution in [0.5, 0.6) is 0 Å². The number of halogens is 2. The van der Waals surface area contributed by atoms with Gasteiger partial charge in [-0.25, -0.2) is 4.68 Å². The predicted molar refractivity (Wildman–Crippen MR) is 111 cm³/mol. The summed E-state index contributed by atoms with van der Waals surface area (Å²) in [6.07, 6.45) is 4.61. The summed E-state index contributed by atoms with van der Waals surface area (Å²) in [5.74, 6) is 7.07. The number of carbonyl (C=O) groups is 1. The first-order valence-electron chi connectivity index (χ1n) is 8.99.